The quantitative estimate of drug-likeness (QED) is 0.565. The highest BCUT2D eigenvalue weighted by Crippen LogP contribution is 2.24. The number of phenolic OH excluding ortho intramolecular Hbond substituents is 1. The molecule has 0 unspecified atom stereocenters. The highest BCUT2D eigenvalue weighted by molar-refractivity contribution is 6.01. The number of aromatic nitrogens is 2. The molecule has 0 aliphatic heterocycles. The first-order valence-corrected chi connectivity index (χ1v) is 9.34. The van der Waals surface area contributed by atoms with Gasteiger partial charge in [0.2, 0.25) is 11.5 Å². The first-order chi connectivity index (χ1) is 13.9. The van der Waals surface area contributed by atoms with Crippen molar-refractivity contribution in [1.82, 2.24) is 14.5 Å². The predicted octanol–water partition coefficient (Wildman–Crippen LogP) is 2.94. The zero-order chi connectivity index (χ0) is 20.5. The number of para-hydroxylation sites is 1. The molecule has 0 saturated carbocycles. The van der Waals surface area contributed by atoms with E-state index in [-0.39, 0.29) is 35.4 Å². The summed E-state index contributed by atoms with van der Waals surface area (Å²) < 4.78 is 6.94. The van der Waals surface area contributed by atoms with Gasteiger partial charge < -0.3 is 14.4 Å². The van der Waals surface area contributed by atoms with Crippen LogP contribution in [0.3, 0.4) is 0 Å². The third-order valence-electron chi connectivity index (χ3n) is 5.18. The lowest BCUT2D eigenvalue weighted by Gasteiger charge is -2.25. The molecule has 0 aliphatic rings. The molecule has 2 aromatic heterocycles. The van der Waals surface area contributed by atoms with Crippen LogP contribution in [0.5, 0.6) is 5.75 Å². The number of benzene rings is 2. The van der Waals surface area contributed by atoms with Crippen LogP contribution in [0.25, 0.3) is 22.1 Å². The van der Waals surface area contributed by atoms with Gasteiger partial charge >= 0.3 is 0 Å². The molecule has 1 atom stereocenters. The lowest BCUT2D eigenvalue weighted by molar-refractivity contribution is -0.132. The van der Waals surface area contributed by atoms with Crippen LogP contribution in [0.1, 0.15) is 12.5 Å². The third kappa shape index (κ3) is 3.59. The average molecular weight is 391 g/mol. The smallest absolute Gasteiger partial charge is 0.297 e. The van der Waals surface area contributed by atoms with Crippen molar-refractivity contribution in [2.45, 2.75) is 25.9 Å². The molecular weight excluding hydrogens is 370 g/mol. The van der Waals surface area contributed by atoms with Crippen molar-refractivity contribution in [3.05, 3.63) is 70.8 Å². The molecule has 29 heavy (non-hydrogen) atoms. The second-order valence-electron chi connectivity index (χ2n) is 7.18. The lowest BCUT2D eigenvalue weighted by atomic mass is 10.1. The number of rotatable bonds is 5. The maximum atomic E-state index is 12.8. The Balaban J connectivity index is 1.53. The van der Waals surface area contributed by atoms with E-state index in [9.17, 15) is 14.7 Å². The van der Waals surface area contributed by atoms with Gasteiger partial charge in [-0.05, 0) is 43.2 Å². The van der Waals surface area contributed by atoms with Gasteiger partial charge in [0, 0.05) is 18.5 Å². The number of likely N-dealkylation sites (N-methyl/N-ethyl adjacent to an activating group) is 1. The summed E-state index contributed by atoms with van der Waals surface area (Å²) in [5, 5.41) is 10.2. The van der Waals surface area contributed by atoms with Gasteiger partial charge in [0.25, 0.3) is 5.56 Å². The molecule has 1 amide bonds. The Morgan fingerprint density at radius 1 is 1.21 bits per heavy atom. The second kappa shape index (κ2) is 7.43. The summed E-state index contributed by atoms with van der Waals surface area (Å²) >= 11 is 0. The Kier molecular flexibility index (Phi) is 4.80. The molecule has 4 rings (SSSR count). The second-order valence-corrected chi connectivity index (χ2v) is 7.18. The normalized spacial score (nSPS) is 12.3. The first kappa shape index (κ1) is 18.7. The molecular formula is C22H21N3O4. The van der Waals surface area contributed by atoms with E-state index in [0.29, 0.717) is 17.5 Å². The molecule has 4 aromatic rings. The van der Waals surface area contributed by atoms with E-state index in [2.05, 4.69) is 4.98 Å². The van der Waals surface area contributed by atoms with Gasteiger partial charge in [-0.2, -0.15) is 0 Å². The summed E-state index contributed by atoms with van der Waals surface area (Å²) in [4.78, 5) is 31.5. The number of carbonyl (C=O) groups is 1. The Bertz CT molecular complexity index is 1240. The number of hydrogen-bond acceptors (Lipinski definition) is 5. The van der Waals surface area contributed by atoms with Crippen LogP contribution in [0.15, 0.2) is 64.1 Å². The van der Waals surface area contributed by atoms with Crippen molar-refractivity contribution in [1.29, 1.82) is 0 Å². The molecule has 148 valence electrons. The molecule has 1 N–H and O–H groups in total. The van der Waals surface area contributed by atoms with E-state index in [1.54, 1.807) is 30.1 Å². The van der Waals surface area contributed by atoms with Crippen molar-refractivity contribution < 1.29 is 14.3 Å². The minimum atomic E-state index is -0.376. The molecule has 2 aromatic carbocycles. The van der Waals surface area contributed by atoms with Gasteiger partial charge in [-0.15, -0.1) is 0 Å². The predicted molar refractivity (Wildman–Crippen MR) is 110 cm³/mol. The fourth-order valence-electron chi connectivity index (χ4n) is 3.34. The summed E-state index contributed by atoms with van der Waals surface area (Å²) in [5.41, 5.74) is 1.89. The zero-order valence-electron chi connectivity index (χ0n) is 16.2. The van der Waals surface area contributed by atoms with Crippen molar-refractivity contribution in [2.75, 3.05) is 7.05 Å². The fourth-order valence-corrected chi connectivity index (χ4v) is 3.34. The van der Waals surface area contributed by atoms with E-state index in [4.69, 9.17) is 4.42 Å². The average Bonchev–Trinajstić information content (AvgIpc) is 3.10. The maximum Gasteiger partial charge on any atom is 0.297 e. The molecule has 0 fully saturated rings. The standard InChI is InChI=1S/C22H21N3O4/c1-14(11-15-7-9-16(26)10-8-15)24(2)19(27)12-25-13-23-20-17-5-3-4-6-18(17)29-21(20)22(25)28/h3-10,13-14,26H,11-12H2,1-2H3/t14-/m1/s1. The number of phenols is 1. The van der Waals surface area contributed by atoms with Gasteiger partial charge in [0.1, 0.15) is 23.4 Å². The monoisotopic (exact) mass is 391 g/mol. The van der Waals surface area contributed by atoms with E-state index in [1.807, 2.05) is 37.3 Å². The highest BCUT2D eigenvalue weighted by atomic mass is 16.3. The van der Waals surface area contributed by atoms with Crippen molar-refractivity contribution >= 4 is 28.0 Å². The number of nitrogens with zero attached hydrogens (tertiary/aromatic N) is 3. The molecule has 0 bridgehead atoms. The van der Waals surface area contributed by atoms with Crippen LogP contribution in [-0.2, 0) is 17.8 Å². The summed E-state index contributed by atoms with van der Waals surface area (Å²) in [6.45, 7) is 1.82. The molecule has 2 heterocycles. The van der Waals surface area contributed by atoms with Crippen molar-refractivity contribution in [2.24, 2.45) is 0 Å². The largest absolute Gasteiger partial charge is 0.508 e. The summed E-state index contributed by atoms with van der Waals surface area (Å²) in [7, 11) is 1.71. The summed E-state index contributed by atoms with van der Waals surface area (Å²) in [6.07, 6.45) is 2.03. The molecule has 7 heteroatoms. The van der Waals surface area contributed by atoms with E-state index in [1.165, 1.54) is 10.9 Å². The number of carbonyl (C=O) groups excluding carboxylic acids is 1. The Morgan fingerprint density at radius 3 is 2.69 bits per heavy atom. The minimum absolute atomic E-state index is 0.0781. The van der Waals surface area contributed by atoms with E-state index >= 15 is 0 Å². The fraction of sp³-hybridized carbons (Fsp3) is 0.227. The Labute approximate surface area is 166 Å². The van der Waals surface area contributed by atoms with Crippen LogP contribution in [0.4, 0.5) is 0 Å². The topological polar surface area (TPSA) is 88.6 Å². The zero-order valence-corrected chi connectivity index (χ0v) is 16.2. The minimum Gasteiger partial charge on any atom is -0.508 e. The molecule has 0 spiro atoms. The third-order valence-corrected chi connectivity index (χ3v) is 5.18. The molecule has 7 nitrogen and oxygen atoms in total. The van der Waals surface area contributed by atoms with Gasteiger partial charge in [0.15, 0.2) is 0 Å². The molecule has 0 saturated heterocycles. The maximum absolute atomic E-state index is 12.8. The van der Waals surface area contributed by atoms with Crippen LogP contribution < -0.4 is 5.56 Å². The molecule has 0 radical (unpaired) electrons. The van der Waals surface area contributed by atoms with Gasteiger partial charge in [-0.25, -0.2) is 4.98 Å². The Morgan fingerprint density at radius 2 is 1.93 bits per heavy atom. The number of furan rings is 1. The summed E-state index contributed by atoms with van der Waals surface area (Å²) in [6, 6.07) is 14.1. The van der Waals surface area contributed by atoms with Gasteiger partial charge in [-0.1, -0.05) is 24.3 Å². The number of fused-ring (bicyclic) bond motifs is 3. The van der Waals surface area contributed by atoms with Crippen molar-refractivity contribution in [3.63, 3.8) is 0 Å². The van der Waals surface area contributed by atoms with Crippen molar-refractivity contribution in [3.8, 4) is 5.75 Å². The van der Waals surface area contributed by atoms with E-state index < -0.39 is 0 Å². The van der Waals surface area contributed by atoms with E-state index in [0.717, 1.165) is 10.9 Å². The van der Waals surface area contributed by atoms with Crippen LogP contribution in [0, 0.1) is 0 Å². The van der Waals surface area contributed by atoms with Crippen LogP contribution in [0.2, 0.25) is 0 Å². The van der Waals surface area contributed by atoms with Gasteiger partial charge in [0.05, 0.1) is 6.33 Å². The highest BCUT2D eigenvalue weighted by Gasteiger charge is 2.19. The molecule has 0 aliphatic carbocycles. The number of aromatic hydroxyl groups is 1. The van der Waals surface area contributed by atoms with Crippen LogP contribution >= 0.6 is 0 Å². The number of amides is 1. The summed E-state index contributed by atoms with van der Waals surface area (Å²) in [5.74, 6) is 0.00864. The SMILES string of the molecule is C[C@H](Cc1ccc(O)cc1)N(C)C(=O)Cn1cnc2c(oc3ccccc32)c1=O. The number of hydrogen-bond donors (Lipinski definition) is 1. The lowest BCUT2D eigenvalue weighted by Crippen LogP contribution is -2.40. The van der Waals surface area contributed by atoms with Gasteiger partial charge in [-0.3, -0.25) is 14.2 Å². The first-order valence-electron chi connectivity index (χ1n) is 9.34. The Hall–Kier alpha value is -3.61. The van der Waals surface area contributed by atoms with Crippen LogP contribution in [-0.4, -0.2) is 38.6 Å².